The lowest BCUT2D eigenvalue weighted by Crippen LogP contribution is -2.29. The number of aromatic nitrogens is 6. The summed E-state index contributed by atoms with van der Waals surface area (Å²) in [6.45, 7) is 0.612. The van der Waals surface area contributed by atoms with Crippen LogP contribution >= 0.6 is 0 Å². The van der Waals surface area contributed by atoms with E-state index < -0.39 is 5.91 Å². The number of fused-ring (bicyclic) bond motifs is 1. The molecule has 0 unspecified atom stereocenters. The van der Waals surface area contributed by atoms with Gasteiger partial charge in [-0.2, -0.15) is 0 Å². The van der Waals surface area contributed by atoms with Gasteiger partial charge in [0.05, 0.1) is 0 Å². The Hall–Kier alpha value is -4.14. The van der Waals surface area contributed by atoms with E-state index in [0.717, 1.165) is 48.2 Å². The van der Waals surface area contributed by atoms with E-state index in [-0.39, 0.29) is 11.1 Å². The molecule has 0 atom stereocenters. The van der Waals surface area contributed by atoms with Crippen molar-refractivity contribution in [3.05, 3.63) is 76.2 Å². The summed E-state index contributed by atoms with van der Waals surface area (Å²) in [6, 6.07) is 11.6. The molecule has 9 nitrogen and oxygen atoms in total. The smallest absolute Gasteiger partial charge is 0.263 e. The summed E-state index contributed by atoms with van der Waals surface area (Å²) in [7, 11) is 0. The fourth-order valence-electron chi connectivity index (χ4n) is 5.07. The van der Waals surface area contributed by atoms with Crippen molar-refractivity contribution in [2.24, 2.45) is 0 Å². The van der Waals surface area contributed by atoms with E-state index in [1.54, 1.807) is 23.0 Å². The Balaban J connectivity index is 1.21. The highest BCUT2D eigenvalue weighted by molar-refractivity contribution is 6.04. The van der Waals surface area contributed by atoms with Gasteiger partial charge in [0.25, 0.3) is 11.5 Å². The van der Waals surface area contributed by atoms with Gasteiger partial charge in [-0.1, -0.05) is 12.1 Å². The van der Waals surface area contributed by atoms with Crippen LogP contribution in [0.25, 0.3) is 22.6 Å². The van der Waals surface area contributed by atoms with Crippen LogP contribution in [0.4, 0.5) is 5.82 Å². The average Bonchev–Trinajstić information content (AvgIpc) is 3.83. The van der Waals surface area contributed by atoms with Crippen LogP contribution in [0.3, 0.4) is 0 Å². The second kappa shape index (κ2) is 8.22. The van der Waals surface area contributed by atoms with Crippen molar-refractivity contribution in [1.82, 2.24) is 29.3 Å². The van der Waals surface area contributed by atoms with Crippen LogP contribution in [-0.2, 0) is 13.0 Å². The summed E-state index contributed by atoms with van der Waals surface area (Å²) in [5.41, 5.74) is 4.38. The molecule has 0 bridgehead atoms. The quantitative estimate of drug-likeness (QED) is 0.448. The van der Waals surface area contributed by atoms with E-state index in [1.807, 2.05) is 22.9 Å². The average molecular weight is 480 g/mol. The van der Waals surface area contributed by atoms with Crippen molar-refractivity contribution in [3.8, 4) is 22.6 Å². The molecular weight excluding hydrogens is 454 g/mol. The first kappa shape index (κ1) is 21.2. The summed E-state index contributed by atoms with van der Waals surface area (Å²) in [6.07, 6.45) is 9.88. The molecule has 1 amide bonds. The lowest BCUT2D eigenvalue weighted by Gasteiger charge is -2.14. The second-order valence-electron chi connectivity index (χ2n) is 9.88. The standard InChI is InChI=1S/C27H25N7O2/c35-26(31-24-5-1-3-22(30-24)25-32-29-15-34(25)18-9-10-18)20-13-19(23-4-2-12-33(23)27(20)36)17-8-11-21(28-14-17)16-6-7-16/h1,3,5,8,11,13-16,18H,2,4,6-7,9-10,12H2,(H,30,31,35). The fourth-order valence-corrected chi connectivity index (χ4v) is 5.07. The van der Waals surface area contributed by atoms with Crippen LogP contribution in [0, 0.1) is 0 Å². The number of amides is 1. The van der Waals surface area contributed by atoms with Crippen molar-refractivity contribution < 1.29 is 4.79 Å². The third-order valence-corrected chi connectivity index (χ3v) is 7.27. The topological polar surface area (TPSA) is 108 Å². The van der Waals surface area contributed by atoms with Crippen molar-refractivity contribution in [2.45, 2.75) is 57.0 Å². The van der Waals surface area contributed by atoms with Gasteiger partial charge in [-0.05, 0) is 62.8 Å². The van der Waals surface area contributed by atoms with Crippen molar-refractivity contribution in [3.63, 3.8) is 0 Å². The number of hydrogen-bond acceptors (Lipinski definition) is 6. The van der Waals surface area contributed by atoms with E-state index in [2.05, 4.69) is 37.6 Å². The maximum Gasteiger partial charge on any atom is 0.263 e. The molecule has 36 heavy (non-hydrogen) atoms. The highest BCUT2D eigenvalue weighted by Crippen LogP contribution is 2.39. The molecule has 0 spiro atoms. The third kappa shape index (κ3) is 3.71. The number of hydrogen-bond donors (Lipinski definition) is 1. The van der Waals surface area contributed by atoms with Crippen LogP contribution in [0.15, 0.2) is 53.7 Å². The van der Waals surface area contributed by atoms with Gasteiger partial charge in [0, 0.05) is 47.2 Å². The highest BCUT2D eigenvalue weighted by Gasteiger charge is 2.28. The van der Waals surface area contributed by atoms with Crippen molar-refractivity contribution >= 4 is 11.7 Å². The highest BCUT2D eigenvalue weighted by atomic mass is 16.2. The Labute approximate surface area is 207 Å². The van der Waals surface area contributed by atoms with Gasteiger partial charge in [-0.3, -0.25) is 14.6 Å². The van der Waals surface area contributed by atoms with E-state index in [9.17, 15) is 9.59 Å². The Bertz CT molecular complexity index is 1550. The van der Waals surface area contributed by atoms with Crippen LogP contribution < -0.4 is 10.9 Å². The van der Waals surface area contributed by atoms with Crippen molar-refractivity contribution in [1.29, 1.82) is 0 Å². The maximum atomic E-state index is 13.3. The third-order valence-electron chi connectivity index (χ3n) is 7.27. The van der Waals surface area contributed by atoms with Gasteiger partial charge in [-0.15, -0.1) is 10.2 Å². The summed E-state index contributed by atoms with van der Waals surface area (Å²) >= 11 is 0. The van der Waals surface area contributed by atoms with Gasteiger partial charge < -0.3 is 14.5 Å². The van der Waals surface area contributed by atoms with Gasteiger partial charge in [0.1, 0.15) is 23.4 Å². The summed E-state index contributed by atoms with van der Waals surface area (Å²) in [5.74, 6) is 1.14. The number of nitrogens with zero attached hydrogens (tertiary/aromatic N) is 6. The molecule has 4 aromatic heterocycles. The molecule has 0 saturated heterocycles. The lowest BCUT2D eigenvalue weighted by atomic mass is 10.0. The van der Waals surface area contributed by atoms with E-state index in [0.29, 0.717) is 35.8 Å². The molecule has 3 aliphatic rings. The minimum absolute atomic E-state index is 0.107. The minimum Gasteiger partial charge on any atom is -0.311 e. The van der Waals surface area contributed by atoms with E-state index >= 15 is 0 Å². The fraction of sp³-hybridized carbons (Fsp3) is 0.333. The van der Waals surface area contributed by atoms with Gasteiger partial charge in [0.15, 0.2) is 5.82 Å². The van der Waals surface area contributed by atoms with Crippen LogP contribution in [0.1, 0.15) is 65.8 Å². The molecule has 180 valence electrons. The molecule has 2 aliphatic carbocycles. The Morgan fingerprint density at radius 2 is 1.97 bits per heavy atom. The van der Waals surface area contributed by atoms with Gasteiger partial charge in [0.2, 0.25) is 0 Å². The van der Waals surface area contributed by atoms with Crippen molar-refractivity contribution in [2.75, 3.05) is 5.32 Å². The molecule has 4 aromatic rings. The monoisotopic (exact) mass is 479 g/mol. The predicted molar refractivity (Wildman–Crippen MR) is 134 cm³/mol. The maximum absolute atomic E-state index is 13.3. The normalized spacial score (nSPS) is 16.7. The SMILES string of the molecule is O=C(Nc1cccc(-c2nncn2C2CC2)n1)c1cc(-c2ccc(C3CC3)nc2)c2n(c1=O)CCC2. The number of anilines is 1. The molecule has 0 aromatic carbocycles. The number of carbonyl (C=O) groups is 1. The Morgan fingerprint density at radius 3 is 2.75 bits per heavy atom. The van der Waals surface area contributed by atoms with E-state index in [1.165, 1.54) is 12.8 Å². The first-order chi connectivity index (χ1) is 17.7. The number of pyridine rings is 3. The molecule has 0 radical (unpaired) electrons. The minimum atomic E-state index is -0.473. The molecule has 2 fully saturated rings. The van der Waals surface area contributed by atoms with Gasteiger partial charge in [-0.25, -0.2) is 4.98 Å². The zero-order valence-electron chi connectivity index (χ0n) is 19.7. The molecule has 1 aliphatic heterocycles. The van der Waals surface area contributed by atoms with Crippen LogP contribution in [0.5, 0.6) is 0 Å². The van der Waals surface area contributed by atoms with E-state index in [4.69, 9.17) is 0 Å². The van der Waals surface area contributed by atoms with Crippen LogP contribution in [-0.4, -0.2) is 35.2 Å². The summed E-state index contributed by atoms with van der Waals surface area (Å²) in [4.78, 5) is 35.8. The number of rotatable bonds is 6. The molecule has 7 rings (SSSR count). The predicted octanol–water partition coefficient (Wildman–Crippen LogP) is 3.97. The Kier molecular flexibility index (Phi) is 4.83. The molecular formula is C27H25N7O2. The summed E-state index contributed by atoms with van der Waals surface area (Å²) < 4.78 is 3.76. The first-order valence-corrected chi connectivity index (χ1v) is 12.6. The summed E-state index contributed by atoms with van der Waals surface area (Å²) in [5, 5.41) is 11.1. The van der Waals surface area contributed by atoms with Gasteiger partial charge >= 0.3 is 0 Å². The zero-order valence-corrected chi connectivity index (χ0v) is 19.7. The number of carbonyl (C=O) groups excluding carboxylic acids is 1. The largest absolute Gasteiger partial charge is 0.311 e. The second-order valence-corrected chi connectivity index (χ2v) is 9.88. The molecule has 2 saturated carbocycles. The first-order valence-electron chi connectivity index (χ1n) is 12.6. The number of nitrogens with one attached hydrogen (secondary N) is 1. The lowest BCUT2D eigenvalue weighted by molar-refractivity contribution is 0.102. The Morgan fingerprint density at radius 1 is 1.08 bits per heavy atom. The zero-order chi connectivity index (χ0) is 24.2. The molecule has 5 heterocycles. The molecule has 1 N–H and O–H groups in total. The van der Waals surface area contributed by atoms with Crippen LogP contribution in [0.2, 0.25) is 0 Å². The molecule has 9 heteroatoms.